The molecule has 1 heteroatoms. The van der Waals surface area contributed by atoms with Crippen molar-refractivity contribution < 1.29 is 4.57 Å². The van der Waals surface area contributed by atoms with Crippen molar-refractivity contribution in [2.75, 3.05) is 0 Å². The molecule has 2 aromatic rings. The Morgan fingerprint density at radius 1 is 0.739 bits per heavy atom. The molecule has 0 radical (unpaired) electrons. The average Bonchev–Trinajstić information content (AvgIpc) is 2.58. The Bertz CT molecular complexity index is 559. The molecule has 1 aromatic carbocycles. The molecule has 2 rings (SSSR count). The number of aromatic nitrogens is 1. The predicted octanol–water partition coefficient (Wildman–Crippen LogP) is 5.49. The zero-order valence-electron chi connectivity index (χ0n) is 14.9. The summed E-state index contributed by atoms with van der Waals surface area (Å²) < 4.78 is 2.35. The van der Waals surface area contributed by atoms with Crippen LogP contribution in [0.5, 0.6) is 0 Å². The summed E-state index contributed by atoms with van der Waals surface area (Å²) in [4.78, 5) is 0. The number of rotatable bonds is 10. The lowest BCUT2D eigenvalue weighted by Gasteiger charge is -2.09. The van der Waals surface area contributed by atoms with Crippen molar-refractivity contribution in [1.29, 1.82) is 0 Å². The van der Waals surface area contributed by atoms with Gasteiger partial charge in [-0.3, -0.25) is 0 Å². The van der Waals surface area contributed by atoms with Crippen LogP contribution < -0.4 is 4.57 Å². The molecule has 1 heterocycles. The topological polar surface area (TPSA) is 3.88 Å². The third kappa shape index (κ3) is 6.17. The van der Waals surface area contributed by atoms with E-state index in [2.05, 4.69) is 67.2 Å². The van der Waals surface area contributed by atoms with Gasteiger partial charge in [-0.2, -0.15) is 0 Å². The zero-order valence-corrected chi connectivity index (χ0v) is 14.9. The number of pyridine rings is 1. The monoisotopic (exact) mass is 310 g/mol. The minimum absolute atomic E-state index is 0.969. The van der Waals surface area contributed by atoms with Gasteiger partial charge >= 0.3 is 0 Å². The average molecular weight is 311 g/mol. The minimum Gasteiger partial charge on any atom is -0.200 e. The molecule has 0 saturated carbocycles. The third-order valence-electron chi connectivity index (χ3n) is 4.51. The second kappa shape index (κ2) is 10.2. The number of hydrogen-bond donors (Lipinski definition) is 0. The van der Waals surface area contributed by atoms with E-state index in [0.717, 1.165) is 6.54 Å². The molecule has 0 spiro atoms. The highest BCUT2D eigenvalue weighted by Crippen LogP contribution is 2.14. The van der Waals surface area contributed by atoms with E-state index in [1.165, 1.54) is 56.9 Å². The van der Waals surface area contributed by atoms with Crippen LogP contribution in [0.4, 0.5) is 0 Å². The van der Waals surface area contributed by atoms with Gasteiger partial charge in [0, 0.05) is 17.2 Å². The Labute approximate surface area is 142 Å². The van der Waals surface area contributed by atoms with Gasteiger partial charge in [0.1, 0.15) is 0 Å². The largest absolute Gasteiger partial charge is 0.200 e. The highest BCUT2D eigenvalue weighted by Gasteiger charge is 2.10. The van der Waals surface area contributed by atoms with Crippen LogP contribution in [-0.2, 0) is 19.4 Å². The van der Waals surface area contributed by atoms with Gasteiger partial charge in [-0.1, -0.05) is 69.9 Å². The zero-order chi connectivity index (χ0) is 16.3. The second-order valence-electron chi connectivity index (χ2n) is 6.57. The van der Waals surface area contributed by atoms with E-state index in [9.17, 15) is 0 Å². The fourth-order valence-electron chi connectivity index (χ4n) is 3.11. The second-order valence-corrected chi connectivity index (χ2v) is 6.57. The predicted molar refractivity (Wildman–Crippen MR) is 98.6 cm³/mol. The lowest BCUT2D eigenvalue weighted by Crippen LogP contribution is -2.34. The number of hydrogen-bond acceptors (Lipinski definition) is 0. The number of unbranched alkanes of at least 4 members (excludes halogenated alkanes) is 4. The molecule has 0 atom stereocenters. The fraction of sp³-hybridized carbons (Fsp3) is 0.500. The molecule has 1 nitrogen and oxygen atoms in total. The molecule has 0 N–H and O–H groups in total. The van der Waals surface area contributed by atoms with E-state index in [4.69, 9.17) is 0 Å². The van der Waals surface area contributed by atoms with Gasteiger partial charge in [0.05, 0.1) is 0 Å². The first-order valence-electron chi connectivity index (χ1n) is 9.38. The standard InChI is InChI=1S/C22H32N/c1-3-5-8-14-21-16-17-23(18-20-12-10-7-11-13-20)19-22(21)15-9-6-4-2/h7,10-13,16-17,19H,3-6,8-9,14-15,18H2,1-2H3/q+1. The lowest BCUT2D eigenvalue weighted by molar-refractivity contribution is -0.688. The minimum atomic E-state index is 0.969. The number of nitrogens with zero attached hydrogens (tertiary/aromatic N) is 1. The number of benzene rings is 1. The Kier molecular flexibility index (Phi) is 7.86. The maximum Gasteiger partial charge on any atom is 0.173 e. The van der Waals surface area contributed by atoms with Gasteiger partial charge in [-0.25, -0.2) is 4.57 Å². The Morgan fingerprint density at radius 3 is 2.04 bits per heavy atom. The van der Waals surface area contributed by atoms with Crippen LogP contribution in [0.3, 0.4) is 0 Å². The summed E-state index contributed by atoms with van der Waals surface area (Å²) in [7, 11) is 0. The summed E-state index contributed by atoms with van der Waals surface area (Å²) in [5.74, 6) is 0. The van der Waals surface area contributed by atoms with Crippen LogP contribution in [-0.4, -0.2) is 0 Å². The van der Waals surface area contributed by atoms with Crippen molar-refractivity contribution in [3.05, 3.63) is 65.5 Å². The van der Waals surface area contributed by atoms with Crippen LogP contribution in [0.1, 0.15) is 69.1 Å². The van der Waals surface area contributed by atoms with Crippen LogP contribution in [0.2, 0.25) is 0 Å². The molecular formula is C22H32N+. The Hall–Kier alpha value is -1.63. The summed E-state index contributed by atoms with van der Waals surface area (Å²) in [6.07, 6.45) is 15.0. The van der Waals surface area contributed by atoms with E-state index in [-0.39, 0.29) is 0 Å². The normalized spacial score (nSPS) is 10.9. The molecule has 0 aliphatic rings. The van der Waals surface area contributed by atoms with E-state index < -0.39 is 0 Å². The fourth-order valence-corrected chi connectivity index (χ4v) is 3.11. The summed E-state index contributed by atoms with van der Waals surface area (Å²) in [6, 6.07) is 13.1. The van der Waals surface area contributed by atoms with Crippen molar-refractivity contribution in [2.24, 2.45) is 0 Å². The van der Waals surface area contributed by atoms with Crippen molar-refractivity contribution in [3.8, 4) is 0 Å². The molecule has 0 fully saturated rings. The first-order valence-corrected chi connectivity index (χ1v) is 9.38. The highest BCUT2D eigenvalue weighted by molar-refractivity contribution is 5.22. The molecule has 23 heavy (non-hydrogen) atoms. The third-order valence-corrected chi connectivity index (χ3v) is 4.51. The van der Waals surface area contributed by atoms with Crippen LogP contribution in [0.25, 0.3) is 0 Å². The van der Waals surface area contributed by atoms with Gasteiger partial charge < -0.3 is 0 Å². The van der Waals surface area contributed by atoms with Gasteiger partial charge in [0.2, 0.25) is 0 Å². The van der Waals surface area contributed by atoms with E-state index in [1.807, 2.05) is 0 Å². The van der Waals surface area contributed by atoms with Crippen molar-refractivity contribution in [2.45, 2.75) is 71.8 Å². The molecular weight excluding hydrogens is 278 g/mol. The van der Waals surface area contributed by atoms with E-state index in [0.29, 0.717) is 0 Å². The highest BCUT2D eigenvalue weighted by atomic mass is 14.9. The first kappa shape index (κ1) is 17.7. The van der Waals surface area contributed by atoms with E-state index >= 15 is 0 Å². The molecule has 0 amide bonds. The molecule has 0 bridgehead atoms. The number of aryl methyl sites for hydroxylation is 2. The molecule has 0 aliphatic carbocycles. The maximum absolute atomic E-state index is 2.39. The van der Waals surface area contributed by atoms with Crippen LogP contribution in [0.15, 0.2) is 48.8 Å². The summed E-state index contributed by atoms with van der Waals surface area (Å²) >= 11 is 0. The molecule has 124 valence electrons. The summed E-state index contributed by atoms with van der Waals surface area (Å²) in [5.41, 5.74) is 4.50. The molecule has 0 unspecified atom stereocenters. The molecule has 0 saturated heterocycles. The van der Waals surface area contributed by atoms with Crippen LogP contribution in [0, 0.1) is 0 Å². The van der Waals surface area contributed by atoms with Crippen molar-refractivity contribution >= 4 is 0 Å². The van der Waals surface area contributed by atoms with E-state index in [1.54, 1.807) is 11.1 Å². The summed E-state index contributed by atoms with van der Waals surface area (Å²) in [5, 5.41) is 0. The van der Waals surface area contributed by atoms with Gasteiger partial charge in [0.15, 0.2) is 18.9 Å². The van der Waals surface area contributed by atoms with Gasteiger partial charge in [0.25, 0.3) is 0 Å². The van der Waals surface area contributed by atoms with Gasteiger partial charge in [-0.15, -0.1) is 0 Å². The maximum atomic E-state index is 2.39. The smallest absolute Gasteiger partial charge is 0.173 e. The lowest BCUT2D eigenvalue weighted by atomic mass is 9.99. The SMILES string of the molecule is CCCCCc1cc[n+](Cc2ccccc2)cc1CCCCC. The first-order chi connectivity index (χ1) is 11.3. The van der Waals surface area contributed by atoms with Gasteiger partial charge in [-0.05, 0) is 31.2 Å². The van der Waals surface area contributed by atoms with Crippen LogP contribution >= 0.6 is 0 Å². The quantitative estimate of drug-likeness (QED) is 0.404. The Balaban J connectivity index is 2.09. The molecule has 1 aromatic heterocycles. The van der Waals surface area contributed by atoms with Crippen molar-refractivity contribution in [3.63, 3.8) is 0 Å². The van der Waals surface area contributed by atoms with Crippen molar-refractivity contribution in [1.82, 2.24) is 0 Å². The summed E-state index contributed by atoms with van der Waals surface area (Å²) in [6.45, 7) is 5.53. The molecule has 0 aliphatic heterocycles. The Morgan fingerprint density at radius 2 is 1.39 bits per heavy atom.